The van der Waals surface area contributed by atoms with E-state index in [0.717, 1.165) is 18.4 Å². The largest absolute Gasteiger partial charge is 0.339 e. The Morgan fingerprint density at radius 3 is 2.33 bits per heavy atom. The van der Waals surface area contributed by atoms with E-state index in [4.69, 9.17) is 0 Å². The number of nitrogens with zero attached hydrogens (tertiary/aromatic N) is 1. The van der Waals surface area contributed by atoms with Crippen molar-refractivity contribution in [2.75, 3.05) is 7.05 Å². The van der Waals surface area contributed by atoms with Gasteiger partial charge in [0.05, 0.1) is 0 Å². The van der Waals surface area contributed by atoms with Crippen molar-refractivity contribution in [1.82, 2.24) is 10.2 Å². The minimum Gasteiger partial charge on any atom is -0.339 e. The van der Waals surface area contributed by atoms with Crippen LogP contribution < -0.4 is 5.32 Å². The Labute approximate surface area is 133 Å². The molecule has 1 aromatic carbocycles. The molecule has 21 heavy (non-hydrogen) atoms. The molecular formula is C17H25ClN2O. The lowest BCUT2D eigenvalue weighted by Gasteiger charge is -2.35. The van der Waals surface area contributed by atoms with E-state index in [9.17, 15) is 4.79 Å². The lowest BCUT2D eigenvalue weighted by atomic mass is 9.97. The molecule has 2 fully saturated rings. The van der Waals surface area contributed by atoms with Crippen molar-refractivity contribution in [3.63, 3.8) is 0 Å². The number of aryl methyl sites for hydroxylation is 2. The van der Waals surface area contributed by atoms with Gasteiger partial charge in [-0.25, -0.2) is 0 Å². The zero-order chi connectivity index (χ0) is 14.3. The van der Waals surface area contributed by atoms with Crippen molar-refractivity contribution in [1.29, 1.82) is 0 Å². The summed E-state index contributed by atoms with van der Waals surface area (Å²) in [5.41, 5.74) is 3.25. The van der Waals surface area contributed by atoms with Gasteiger partial charge in [0, 0.05) is 30.7 Å². The Balaban J connectivity index is 0.00000161. The molecule has 0 aromatic heterocycles. The molecule has 1 N–H and O–H groups in total. The highest BCUT2D eigenvalue weighted by molar-refractivity contribution is 5.94. The van der Waals surface area contributed by atoms with E-state index >= 15 is 0 Å². The predicted molar refractivity (Wildman–Crippen MR) is 88.2 cm³/mol. The number of halogens is 1. The van der Waals surface area contributed by atoms with E-state index in [1.165, 1.54) is 24.0 Å². The molecule has 2 aliphatic heterocycles. The second-order valence-corrected chi connectivity index (χ2v) is 6.48. The van der Waals surface area contributed by atoms with Gasteiger partial charge in [0.15, 0.2) is 0 Å². The normalized spacial score (nSPS) is 27.1. The Hall–Kier alpha value is -1.06. The first-order chi connectivity index (χ1) is 9.54. The molecule has 3 rings (SSSR count). The number of rotatable bonds is 2. The molecule has 3 nitrogen and oxygen atoms in total. The maximum absolute atomic E-state index is 12.6. The van der Waals surface area contributed by atoms with Crippen LogP contribution in [0.15, 0.2) is 18.2 Å². The van der Waals surface area contributed by atoms with Crippen molar-refractivity contribution in [2.24, 2.45) is 0 Å². The highest BCUT2D eigenvalue weighted by atomic mass is 35.5. The molecule has 2 bridgehead atoms. The van der Waals surface area contributed by atoms with Crippen molar-refractivity contribution in [3.8, 4) is 0 Å². The number of carbonyl (C=O) groups excluding carboxylic acids is 1. The predicted octanol–water partition coefficient (Wildman–Crippen LogP) is 3.08. The van der Waals surface area contributed by atoms with E-state index in [1.807, 2.05) is 30.1 Å². The van der Waals surface area contributed by atoms with Crippen LogP contribution in [-0.2, 0) is 0 Å². The quantitative estimate of drug-likeness (QED) is 0.910. The third-order valence-corrected chi connectivity index (χ3v) is 5.07. The van der Waals surface area contributed by atoms with Crippen LogP contribution in [0.25, 0.3) is 0 Å². The van der Waals surface area contributed by atoms with Crippen LogP contribution in [0.1, 0.15) is 47.2 Å². The van der Waals surface area contributed by atoms with E-state index in [2.05, 4.69) is 19.2 Å². The fraction of sp³-hybridized carbons (Fsp3) is 0.588. The Kier molecular flexibility index (Phi) is 4.95. The smallest absolute Gasteiger partial charge is 0.253 e. The van der Waals surface area contributed by atoms with Crippen molar-refractivity contribution >= 4 is 18.3 Å². The summed E-state index contributed by atoms with van der Waals surface area (Å²) in [5, 5.41) is 3.63. The molecule has 0 spiro atoms. The lowest BCUT2D eigenvalue weighted by molar-refractivity contribution is 0.0681. The van der Waals surface area contributed by atoms with Crippen molar-refractivity contribution < 1.29 is 4.79 Å². The zero-order valence-corrected chi connectivity index (χ0v) is 13.9. The van der Waals surface area contributed by atoms with Gasteiger partial charge in [-0.3, -0.25) is 4.79 Å². The van der Waals surface area contributed by atoms with Gasteiger partial charge in [0.2, 0.25) is 0 Å². The third-order valence-electron chi connectivity index (χ3n) is 5.07. The summed E-state index contributed by atoms with van der Waals surface area (Å²) >= 11 is 0. The van der Waals surface area contributed by atoms with Gasteiger partial charge >= 0.3 is 0 Å². The van der Waals surface area contributed by atoms with E-state index in [0.29, 0.717) is 18.1 Å². The summed E-state index contributed by atoms with van der Waals surface area (Å²) < 4.78 is 0. The fourth-order valence-corrected chi connectivity index (χ4v) is 3.59. The van der Waals surface area contributed by atoms with Gasteiger partial charge in [0.1, 0.15) is 0 Å². The first-order valence-corrected chi connectivity index (χ1v) is 7.65. The summed E-state index contributed by atoms with van der Waals surface area (Å²) in [6.45, 7) is 4.15. The Morgan fingerprint density at radius 1 is 1.14 bits per heavy atom. The molecular weight excluding hydrogens is 284 g/mol. The molecule has 116 valence electrons. The molecule has 0 aliphatic carbocycles. The zero-order valence-electron chi connectivity index (χ0n) is 13.1. The summed E-state index contributed by atoms with van der Waals surface area (Å²) in [6.07, 6.45) is 4.74. The summed E-state index contributed by atoms with van der Waals surface area (Å²) in [4.78, 5) is 14.6. The number of benzene rings is 1. The van der Waals surface area contributed by atoms with E-state index in [-0.39, 0.29) is 18.3 Å². The van der Waals surface area contributed by atoms with Crippen LogP contribution in [0.4, 0.5) is 0 Å². The minimum absolute atomic E-state index is 0. The van der Waals surface area contributed by atoms with Crippen LogP contribution in [0.2, 0.25) is 0 Å². The molecule has 1 aromatic rings. The molecule has 0 saturated carbocycles. The Morgan fingerprint density at radius 2 is 1.76 bits per heavy atom. The maximum atomic E-state index is 12.6. The number of amides is 1. The monoisotopic (exact) mass is 308 g/mol. The molecule has 2 heterocycles. The maximum Gasteiger partial charge on any atom is 0.253 e. The van der Waals surface area contributed by atoms with Gasteiger partial charge in [-0.05, 0) is 62.8 Å². The van der Waals surface area contributed by atoms with Crippen LogP contribution >= 0.6 is 12.4 Å². The molecule has 4 heteroatoms. The minimum atomic E-state index is 0. The fourth-order valence-electron chi connectivity index (χ4n) is 3.59. The SMILES string of the molecule is Cc1ccc(C(=O)N(C)C2CC3CCC(C2)N3)cc1C.Cl. The van der Waals surface area contributed by atoms with Gasteiger partial charge in [-0.15, -0.1) is 12.4 Å². The average Bonchev–Trinajstić information content (AvgIpc) is 2.79. The summed E-state index contributed by atoms with van der Waals surface area (Å²) in [7, 11) is 1.97. The number of hydrogen-bond donors (Lipinski definition) is 1. The first kappa shape index (κ1) is 16.3. The van der Waals surface area contributed by atoms with E-state index < -0.39 is 0 Å². The second-order valence-electron chi connectivity index (χ2n) is 6.48. The lowest BCUT2D eigenvalue weighted by Crippen LogP contribution is -2.48. The highest BCUT2D eigenvalue weighted by Crippen LogP contribution is 2.29. The van der Waals surface area contributed by atoms with Crippen LogP contribution in [0.3, 0.4) is 0 Å². The first-order valence-electron chi connectivity index (χ1n) is 7.65. The highest BCUT2D eigenvalue weighted by Gasteiger charge is 2.36. The molecule has 2 aliphatic rings. The van der Waals surface area contributed by atoms with Gasteiger partial charge < -0.3 is 10.2 Å². The molecule has 2 saturated heterocycles. The van der Waals surface area contributed by atoms with Crippen molar-refractivity contribution in [2.45, 2.75) is 57.7 Å². The van der Waals surface area contributed by atoms with Crippen molar-refractivity contribution in [3.05, 3.63) is 34.9 Å². The molecule has 2 atom stereocenters. The number of hydrogen-bond acceptors (Lipinski definition) is 2. The van der Waals surface area contributed by atoms with Crippen LogP contribution in [-0.4, -0.2) is 36.0 Å². The molecule has 0 radical (unpaired) electrons. The number of nitrogens with one attached hydrogen (secondary N) is 1. The topological polar surface area (TPSA) is 32.3 Å². The average molecular weight is 309 g/mol. The number of piperidine rings is 1. The Bertz CT molecular complexity index is 520. The van der Waals surface area contributed by atoms with Crippen LogP contribution in [0.5, 0.6) is 0 Å². The molecule has 1 amide bonds. The van der Waals surface area contributed by atoms with E-state index in [1.54, 1.807) is 0 Å². The number of carbonyl (C=O) groups is 1. The standard InChI is InChI=1S/C17H24N2O.ClH/c1-11-4-5-13(8-12(11)2)17(20)19(3)16-9-14-6-7-15(10-16)18-14;/h4-5,8,14-16,18H,6-7,9-10H2,1-3H3;1H. The van der Waals surface area contributed by atoms with Gasteiger partial charge in [0.25, 0.3) is 5.91 Å². The molecule has 2 unspecified atom stereocenters. The van der Waals surface area contributed by atoms with Gasteiger partial charge in [-0.1, -0.05) is 6.07 Å². The summed E-state index contributed by atoms with van der Waals surface area (Å²) in [5.74, 6) is 0.166. The second kappa shape index (κ2) is 6.37. The summed E-state index contributed by atoms with van der Waals surface area (Å²) in [6, 6.07) is 7.65. The third kappa shape index (κ3) is 3.24. The number of fused-ring (bicyclic) bond motifs is 2. The van der Waals surface area contributed by atoms with Gasteiger partial charge in [-0.2, -0.15) is 0 Å². The van der Waals surface area contributed by atoms with Crippen LogP contribution in [0, 0.1) is 13.8 Å².